The molecule has 122 valence electrons. The van der Waals surface area contributed by atoms with Crippen LogP contribution in [0.5, 0.6) is 0 Å². The summed E-state index contributed by atoms with van der Waals surface area (Å²) in [5, 5.41) is 3.84. The van der Waals surface area contributed by atoms with Gasteiger partial charge in [0.15, 0.2) is 0 Å². The molecule has 1 aromatic carbocycles. The predicted molar refractivity (Wildman–Crippen MR) is 92.1 cm³/mol. The molecule has 4 heteroatoms. The van der Waals surface area contributed by atoms with Gasteiger partial charge in [-0.2, -0.15) is 0 Å². The van der Waals surface area contributed by atoms with Gasteiger partial charge in [0.05, 0.1) is 0 Å². The summed E-state index contributed by atoms with van der Waals surface area (Å²) in [4.78, 5) is 14.6. The molecule has 1 aromatic rings. The third-order valence-corrected chi connectivity index (χ3v) is 4.88. The molecule has 1 heterocycles. The number of amides is 1. The topological polar surface area (TPSA) is 32.3 Å². The molecule has 1 amide bonds. The summed E-state index contributed by atoms with van der Waals surface area (Å²) in [5.74, 6) is 0.428. The van der Waals surface area contributed by atoms with Gasteiger partial charge in [0.2, 0.25) is 5.91 Å². The largest absolute Gasteiger partial charge is 0.356 e. The summed E-state index contributed by atoms with van der Waals surface area (Å²) >= 11 is 5.95. The normalized spacial score (nSPS) is 18.1. The number of hydrogen-bond donors (Lipinski definition) is 1. The van der Waals surface area contributed by atoms with Crippen molar-refractivity contribution in [3.63, 3.8) is 0 Å². The van der Waals surface area contributed by atoms with E-state index in [9.17, 15) is 4.79 Å². The van der Waals surface area contributed by atoms with Crippen LogP contribution in [0.4, 0.5) is 0 Å². The Morgan fingerprint density at radius 1 is 1.32 bits per heavy atom. The van der Waals surface area contributed by atoms with Crippen molar-refractivity contribution in [2.75, 3.05) is 19.6 Å². The van der Waals surface area contributed by atoms with E-state index in [0.29, 0.717) is 6.04 Å². The second-order valence-corrected chi connectivity index (χ2v) is 6.62. The standard InChI is InChI=1S/C18H27ClN2O/c1-3-4-11-20-18(22)16-9-12-21(13-10-16)14(2)15-5-7-17(19)8-6-15/h5-8,14,16H,3-4,9-13H2,1-2H3,(H,20,22)/t14-/m1/s1. The number of unbranched alkanes of at least 4 members (excludes halogenated alkanes) is 1. The van der Waals surface area contributed by atoms with Gasteiger partial charge in [-0.1, -0.05) is 37.1 Å². The molecule has 1 atom stereocenters. The van der Waals surface area contributed by atoms with Crippen LogP contribution in [0.1, 0.15) is 51.1 Å². The lowest BCUT2D eigenvalue weighted by molar-refractivity contribution is -0.126. The van der Waals surface area contributed by atoms with Gasteiger partial charge in [0, 0.05) is 23.5 Å². The van der Waals surface area contributed by atoms with Crippen molar-refractivity contribution in [1.29, 1.82) is 0 Å². The van der Waals surface area contributed by atoms with Crippen LogP contribution in [0.15, 0.2) is 24.3 Å². The average Bonchev–Trinajstić information content (AvgIpc) is 2.55. The number of carbonyl (C=O) groups is 1. The van der Waals surface area contributed by atoms with E-state index in [1.165, 1.54) is 5.56 Å². The highest BCUT2D eigenvalue weighted by molar-refractivity contribution is 6.30. The molecule has 22 heavy (non-hydrogen) atoms. The molecule has 1 aliphatic heterocycles. The quantitative estimate of drug-likeness (QED) is 0.802. The highest BCUT2D eigenvalue weighted by atomic mass is 35.5. The Labute approximate surface area is 139 Å². The third-order valence-electron chi connectivity index (χ3n) is 4.63. The van der Waals surface area contributed by atoms with Crippen LogP contribution < -0.4 is 5.32 Å². The SMILES string of the molecule is CCCCNC(=O)C1CCN([C@H](C)c2ccc(Cl)cc2)CC1. The minimum atomic E-state index is 0.186. The average molecular weight is 323 g/mol. The fourth-order valence-electron chi connectivity index (χ4n) is 3.03. The van der Waals surface area contributed by atoms with E-state index in [-0.39, 0.29) is 11.8 Å². The van der Waals surface area contributed by atoms with E-state index in [2.05, 4.69) is 36.2 Å². The summed E-state index contributed by atoms with van der Waals surface area (Å²) in [6, 6.07) is 8.46. The summed E-state index contributed by atoms with van der Waals surface area (Å²) < 4.78 is 0. The van der Waals surface area contributed by atoms with Crippen LogP contribution in [0.3, 0.4) is 0 Å². The van der Waals surface area contributed by atoms with Crippen molar-refractivity contribution in [1.82, 2.24) is 10.2 Å². The van der Waals surface area contributed by atoms with Crippen molar-refractivity contribution in [2.45, 2.75) is 45.6 Å². The van der Waals surface area contributed by atoms with E-state index in [4.69, 9.17) is 11.6 Å². The molecule has 1 aliphatic rings. The van der Waals surface area contributed by atoms with Crippen LogP contribution in [-0.2, 0) is 4.79 Å². The Hall–Kier alpha value is -1.06. The number of likely N-dealkylation sites (tertiary alicyclic amines) is 1. The van der Waals surface area contributed by atoms with Gasteiger partial charge in [-0.05, 0) is 57.0 Å². The molecule has 1 saturated heterocycles. The van der Waals surface area contributed by atoms with Crippen LogP contribution in [-0.4, -0.2) is 30.4 Å². The number of nitrogens with zero attached hydrogens (tertiary/aromatic N) is 1. The smallest absolute Gasteiger partial charge is 0.223 e. The maximum atomic E-state index is 12.1. The first-order valence-electron chi connectivity index (χ1n) is 8.39. The van der Waals surface area contributed by atoms with E-state index in [1.807, 2.05) is 12.1 Å². The van der Waals surface area contributed by atoms with Gasteiger partial charge >= 0.3 is 0 Å². The number of halogens is 1. The summed E-state index contributed by atoms with van der Waals surface area (Å²) in [5.41, 5.74) is 1.29. The zero-order valence-corrected chi connectivity index (χ0v) is 14.4. The second-order valence-electron chi connectivity index (χ2n) is 6.18. The highest BCUT2D eigenvalue weighted by Gasteiger charge is 2.27. The fourth-order valence-corrected chi connectivity index (χ4v) is 3.16. The monoisotopic (exact) mass is 322 g/mol. The number of benzene rings is 1. The van der Waals surface area contributed by atoms with Crippen LogP contribution in [0.2, 0.25) is 5.02 Å². The van der Waals surface area contributed by atoms with Gasteiger partial charge in [-0.15, -0.1) is 0 Å². The number of rotatable bonds is 6. The molecule has 1 fully saturated rings. The molecule has 0 aliphatic carbocycles. The van der Waals surface area contributed by atoms with Crippen molar-refractivity contribution in [3.05, 3.63) is 34.9 Å². The zero-order valence-electron chi connectivity index (χ0n) is 13.6. The Kier molecular flexibility index (Phi) is 6.71. The Morgan fingerprint density at radius 2 is 1.95 bits per heavy atom. The van der Waals surface area contributed by atoms with Gasteiger partial charge in [0.1, 0.15) is 0 Å². The van der Waals surface area contributed by atoms with Crippen molar-refractivity contribution in [3.8, 4) is 0 Å². The number of carbonyl (C=O) groups excluding carboxylic acids is 1. The molecule has 0 saturated carbocycles. The third kappa shape index (κ3) is 4.72. The lowest BCUT2D eigenvalue weighted by Crippen LogP contribution is -2.41. The van der Waals surface area contributed by atoms with E-state index in [1.54, 1.807) is 0 Å². The molecular weight excluding hydrogens is 296 g/mol. The number of nitrogens with one attached hydrogen (secondary N) is 1. The lowest BCUT2D eigenvalue weighted by Gasteiger charge is -2.35. The predicted octanol–water partition coefficient (Wildman–Crippen LogP) is 4.03. The fraction of sp³-hybridized carbons (Fsp3) is 0.611. The first-order valence-corrected chi connectivity index (χ1v) is 8.76. The number of hydrogen-bond acceptors (Lipinski definition) is 2. The molecule has 1 N–H and O–H groups in total. The van der Waals surface area contributed by atoms with Crippen LogP contribution in [0, 0.1) is 5.92 Å². The summed E-state index contributed by atoms with van der Waals surface area (Å²) in [6.07, 6.45) is 4.10. The molecule has 0 radical (unpaired) electrons. The van der Waals surface area contributed by atoms with Gasteiger partial charge in [-0.3, -0.25) is 9.69 Å². The molecule has 3 nitrogen and oxygen atoms in total. The Balaban J connectivity index is 1.81. The Morgan fingerprint density at radius 3 is 2.55 bits per heavy atom. The Bertz CT molecular complexity index is 466. The van der Waals surface area contributed by atoms with Crippen LogP contribution >= 0.6 is 11.6 Å². The van der Waals surface area contributed by atoms with Gasteiger partial charge < -0.3 is 5.32 Å². The maximum Gasteiger partial charge on any atom is 0.223 e. The molecule has 0 spiro atoms. The molecular formula is C18H27ClN2O. The first kappa shape index (κ1) is 17.3. The van der Waals surface area contributed by atoms with Gasteiger partial charge in [-0.25, -0.2) is 0 Å². The minimum absolute atomic E-state index is 0.186. The minimum Gasteiger partial charge on any atom is -0.356 e. The second kappa shape index (κ2) is 8.54. The first-order chi connectivity index (χ1) is 10.6. The zero-order chi connectivity index (χ0) is 15.9. The lowest BCUT2D eigenvalue weighted by atomic mass is 9.94. The van der Waals surface area contributed by atoms with Crippen LogP contribution in [0.25, 0.3) is 0 Å². The van der Waals surface area contributed by atoms with Gasteiger partial charge in [0.25, 0.3) is 0 Å². The summed E-state index contributed by atoms with van der Waals surface area (Å²) in [7, 11) is 0. The van der Waals surface area contributed by atoms with Crippen molar-refractivity contribution in [2.24, 2.45) is 5.92 Å². The van der Waals surface area contributed by atoms with E-state index >= 15 is 0 Å². The molecule has 0 bridgehead atoms. The maximum absolute atomic E-state index is 12.1. The van der Waals surface area contributed by atoms with E-state index in [0.717, 1.165) is 50.3 Å². The highest BCUT2D eigenvalue weighted by Crippen LogP contribution is 2.27. The summed E-state index contributed by atoms with van der Waals surface area (Å²) in [6.45, 7) is 7.15. The molecule has 0 aromatic heterocycles. The van der Waals surface area contributed by atoms with Crippen molar-refractivity contribution >= 4 is 17.5 Å². The molecule has 2 rings (SSSR count). The number of piperidine rings is 1. The van der Waals surface area contributed by atoms with Crippen molar-refractivity contribution < 1.29 is 4.79 Å². The van der Waals surface area contributed by atoms with E-state index < -0.39 is 0 Å². The molecule has 0 unspecified atom stereocenters.